The zero-order valence-corrected chi connectivity index (χ0v) is 10.4. The minimum absolute atomic E-state index is 0.0674. The van der Waals surface area contributed by atoms with Crippen molar-refractivity contribution in [1.82, 2.24) is 0 Å². The molecule has 19 heavy (non-hydrogen) atoms. The maximum Gasteiger partial charge on any atom is 0.134 e. The Kier molecular flexibility index (Phi) is 3.17. The van der Waals surface area contributed by atoms with Crippen LogP contribution in [0.1, 0.15) is 5.76 Å². The van der Waals surface area contributed by atoms with Gasteiger partial charge in [-0.1, -0.05) is 54.6 Å². The van der Waals surface area contributed by atoms with E-state index in [1.807, 2.05) is 36.4 Å². The molecule has 0 spiro atoms. The van der Waals surface area contributed by atoms with Crippen LogP contribution in [0.3, 0.4) is 0 Å². The third-order valence-corrected chi connectivity index (χ3v) is 3.09. The zero-order valence-electron chi connectivity index (χ0n) is 10.4. The SMILES string of the molecule is OCc1ccc(-c2ccc(-c3ccccc3)cc2)o1. The Morgan fingerprint density at radius 1 is 0.684 bits per heavy atom. The first-order valence-corrected chi connectivity index (χ1v) is 6.22. The van der Waals surface area contributed by atoms with Gasteiger partial charge in [0.15, 0.2) is 0 Å². The number of aliphatic hydroxyl groups excluding tert-OH is 1. The molecule has 1 N–H and O–H groups in total. The standard InChI is InChI=1S/C17H14O2/c18-12-16-10-11-17(19-16)15-8-6-14(7-9-15)13-4-2-1-3-5-13/h1-11,18H,12H2. The normalized spacial score (nSPS) is 10.6. The van der Waals surface area contributed by atoms with Crippen LogP contribution >= 0.6 is 0 Å². The summed E-state index contributed by atoms with van der Waals surface area (Å²) in [5.74, 6) is 1.37. The van der Waals surface area contributed by atoms with Crippen LogP contribution in [0.25, 0.3) is 22.5 Å². The average Bonchev–Trinajstić information content (AvgIpc) is 2.97. The fourth-order valence-corrected chi connectivity index (χ4v) is 2.08. The van der Waals surface area contributed by atoms with E-state index in [0.29, 0.717) is 5.76 Å². The lowest BCUT2D eigenvalue weighted by molar-refractivity contribution is 0.248. The predicted octanol–water partition coefficient (Wildman–Crippen LogP) is 4.11. The second-order valence-corrected chi connectivity index (χ2v) is 4.37. The van der Waals surface area contributed by atoms with Crippen LogP contribution in [0, 0.1) is 0 Å². The van der Waals surface area contributed by atoms with Gasteiger partial charge in [-0.2, -0.15) is 0 Å². The van der Waals surface area contributed by atoms with Crippen LogP contribution in [0.2, 0.25) is 0 Å². The molecule has 0 saturated heterocycles. The number of hydrogen-bond donors (Lipinski definition) is 1. The monoisotopic (exact) mass is 250 g/mol. The second kappa shape index (κ2) is 5.12. The highest BCUT2D eigenvalue weighted by atomic mass is 16.4. The van der Waals surface area contributed by atoms with Crippen molar-refractivity contribution in [3.8, 4) is 22.5 Å². The van der Waals surface area contributed by atoms with Gasteiger partial charge >= 0.3 is 0 Å². The van der Waals surface area contributed by atoms with Gasteiger partial charge in [0.25, 0.3) is 0 Å². The summed E-state index contributed by atoms with van der Waals surface area (Å²) in [4.78, 5) is 0. The number of rotatable bonds is 3. The Bertz CT molecular complexity index is 651. The third-order valence-electron chi connectivity index (χ3n) is 3.09. The summed E-state index contributed by atoms with van der Waals surface area (Å²) in [6, 6.07) is 22.1. The Labute approximate surface area is 111 Å². The summed E-state index contributed by atoms with van der Waals surface area (Å²) in [6.45, 7) is -0.0674. The summed E-state index contributed by atoms with van der Waals surface area (Å²) in [5.41, 5.74) is 3.39. The van der Waals surface area contributed by atoms with Gasteiger partial charge in [0.1, 0.15) is 18.1 Å². The van der Waals surface area contributed by atoms with Crippen LogP contribution in [0.5, 0.6) is 0 Å². The van der Waals surface area contributed by atoms with E-state index in [1.165, 1.54) is 11.1 Å². The van der Waals surface area contributed by atoms with Gasteiger partial charge in [0.05, 0.1) is 0 Å². The molecule has 0 unspecified atom stereocenters. The Hall–Kier alpha value is -2.32. The summed E-state index contributed by atoms with van der Waals surface area (Å²) in [5, 5.41) is 9.00. The lowest BCUT2D eigenvalue weighted by Gasteiger charge is -2.02. The molecule has 0 saturated carbocycles. The van der Waals surface area contributed by atoms with Crippen molar-refractivity contribution < 1.29 is 9.52 Å². The number of furan rings is 1. The molecule has 0 atom stereocenters. The maximum atomic E-state index is 9.00. The lowest BCUT2D eigenvalue weighted by Crippen LogP contribution is -1.79. The van der Waals surface area contributed by atoms with Gasteiger partial charge < -0.3 is 9.52 Å². The molecule has 0 radical (unpaired) electrons. The first-order chi connectivity index (χ1) is 9.36. The highest BCUT2D eigenvalue weighted by Crippen LogP contribution is 2.26. The van der Waals surface area contributed by atoms with E-state index < -0.39 is 0 Å². The first kappa shape index (κ1) is 11.8. The van der Waals surface area contributed by atoms with Gasteiger partial charge in [0.2, 0.25) is 0 Å². The van der Waals surface area contributed by atoms with Crippen molar-refractivity contribution in [3.05, 3.63) is 72.5 Å². The van der Waals surface area contributed by atoms with Gasteiger partial charge in [-0.15, -0.1) is 0 Å². The van der Waals surface area contributed by atoms with Crippen molar-refractivity contribution >= 4 is 0 Å². The minimum atomic E-state index is -0.0674. The molecule has 0 amide bonds. The van der Waals surface area contributed by atoms with Crippen molar-refractivity contribution in [2.75, 3.05) is 0 Å². The highest BCUT2D eigenvalue weighted by molar-refractivity contribution is 5.68. The molecule has 1 heterocycles. The van der Waals surface area contributed by atoms with Gasteiger partial charge in [-0.25, -0.2) is 0 Å². The quantitative estimate of drug-likeness (QED) is 0.759. The largest absolute Gasteiger partial charge is 0.459 e. The number of hydrogen-bond acceptors (Lipinski definition) is 2. The van der Waals surface area contributed by atoms with E-state index in [1.54, 1.807) is 6.07 Å². The molecule has 0 aliphatic rings. The molecule has 0 aliphatic heterocycles. The van der Waals surface area contributed by atoms with Crippen LogP contribution < -0.4 is 0 Å². The van der Waals surface area contributed by atoms with E-state index in [0.717, 1.165) is 11.3 Å². The fraction of sp³-hybridized carbons (Fsp3) is 0.0588. The van der Waals surface area contributed by atoms with Crippen molar-refractivity contribution in [1.29, 1.82) is 0 Å². The van der Waals surface area contributed by atoms with Crippen LogP contribution in [-0.2, 0) is 6.61 Å². The number of benzene rings is 2. The average molecular weight is 250 g/mol. The van der Waals surface area contributed by atoms with Gasteiger partial charge in [-0.3, -0.25) is 0 Å². The molecule has 94 valence electrons. The lowest BCUT2D eigenvalue weighted by atomic mass is 10.0. The smallest absolute Gasteiger partial charge is 0.134 e. The highest BCUT2D eigenvalue weighted by Gasteiger charge is 2.04. The van der Waals surface area contributed by atoms with E-state index in [4.69, 9.17) is 9.52 Å². The summed E-state index contributed by atoms with van der Waals surface area (Å²) in [6.07, 6.45) is 0. The molecule has 2 nitrogen and oxygen atoms in total. The van der Waals surface area contributed by atoms with Crippen molar-refractivity contribution in [2.45, 2.75) is 6.61 Å². The number of aliphatic hydroxyl groups is 1. The summed E-state index contributed by atoms with van der Waals surface area (Å²) >= 11 is 0. The van der Waals surface area contributed by atoms with E-state index in [9.17, 15) is 0 Å². The van der Waals surface area contributed by atoms with E-state index in [-0.39, 0.29) is 6.61 Å². The Morgan fingerprint density at radius 3 is 1.95 bits per heavy atom. The molecule has 2 heteroatoms. The first-order valence-electron chi connectivity index (χ1n) is 6.22. The molecule has 2 aromatic carbocycles. The van der Waals surface area contributed by atoms with E-state index >= 15 is 0 Å². The molecule has 3 rings (SSSR count). The van der Waals surface area contributed by atoms with Crippen LogP contribution in [0.4, 0.5) is 0 Å². The summed E-state index contributed by atoms with van der Waals surface area (Å²) < 4.78 is 5.51. The molecule has 0 fully saturated rings. The Morgan fingerprint density at radius 2 is 1.32 bits per heavy atom. The Balaban J connectivity index is 1.90. The molecule has 0 aliphatic carbocycles. The van der Waals surface area contributed by atoms with Crippen LogP contribution in [-0.4, -0.2) is 5.11 Å². The fourth-order valence-electron chi connectivity index (χ4n) is 2.08. The summed E-state index contributed by atoms with van der Waals surface area (Å²) in [7, 11) is 0. The van der Waals surface area contributed by atoms with Crippen molar-refractivity contribution in [3.63, 3.8) is 0 Å². The predicted molar refractivity (Wildman–Crippen MR) is 75.5 cm³/mol. The van der Waals surface area contributed by atoms with E-state index in [2.05, 4.69) is 24.3 Å². The molecule has 0 bridgehead atoms. The topological polar surface area (TPSA) is 33.4 Å². The third kappa shape index (κ3) is 2.44. The van der Waals surface area contributed by atoms with Gasteiger partial charge in [0, 0.05) is 5.56 Å². The molecule has 3 aromatic rings. The molecular formula is C17H14O2. The second-order valence-electron chi connectivity index (χ2n) is 4.37. The minimum Gasteiger partial charge on any atom is -0.459 e. The maximum absolute atomic E-state index is 9.00. The van der Waals surface area contributed by atoms with Crippen molar-refractivity contribution in [2.24, 2.45) is 0 Å². The molecule has 1 aromatic heterocycles. The van der Waals surface area contributed by atoms with Crippen LogP contribution in [0.15, 0.2) is 71.1 Å². The zero-order chi connectivity index (χ0) is 13.1. The molecular weight excluding hydrogens is 236 g/mol. The van der Waals surface area contributed by atoms with Gasteiger partial charge in [-0.05, 0) is 23.3 Å².